The minimum Gasteiger partial charge on any atom is -0.480 e. The number of likely N-dealkylation sites (tertiary alicyclic amines) is 1. The molecule has 1 aliphatic carbocycles. The summed E-state index contributed by atoms with van der Waals surface area (Å²) in [6.45, 7) is 2.69. The molecule has 1 N–H and O–H groups in total. The van der Waals surface area contributed by atoms with Gasteiger partial charge in [0.2, 0.25) is 0 Å². The molecule has 0 amide bonds. The standard InChI is InChI=1S/C16H20FNO2/c1-10(12-6-2-3-8-14(12)17)18-9-11-5-4-7-13(11)15(18)16(19)20/h2-3,6,8,10-11,13,15H,4-5,7,9H2,1H3,(H,19,20). The fraction of sp³-hybridized carbons (Fsp3) is 0.562. The lowest BCUT2D eigenvalue weighted by atomic mass is 9.94. The smallest absolute Gasteiger partial charge is 0.321 e. The molecule has 0 spiro atoms. The molecule has 4 heteroatoms. The largest absolute Gasteiger partial charge is 0.480 e. The molecule has 1 aromatic rings. The number of hydrogen-bond donors (Lipinski definition) is 1. The van der Waals surface area contributed by atoms with Crippen LogP contribution in [0.1, 0.15) is 37.8 Å². The van der Waals surface area contributed by atoms with Crippen molar-refractivity contribution in [1.82, 2.24) is 4.90 Å². The summed E-state index contributed by atoms with van der Waals surface area (Å²) in [6.07, 6.45) is 3.22. The summed E-state index contributed by atoms with van der Waals surface area (Å²) in [6, 6.07) is 6.02. The first kappa shape index (κ1) is 13.6. The topological polar surface area (TPSA) is 40.5 Å². The Morgan fingerprint density at radius 2 is 2.15 bits per heavy atom. The van der Waals surface area contributed by atoms with E-state index in [4.69, 9.17) is 0 Å². The fourth-order valence-electron chi connectivity index (χ4n) is 4.05. The number of benzene rings is 1. The molecule has 2 fully saturated rings. The molecule has 4 unspecified atom stereocenters. The Morgan fingerprint density at radius 1 is 1.40 bits per heavy atom. The van der Waals surface area contributed by atoms with Gasteiger partial charge in [-0.25, -0.2) is 4.39 Å². The van der Waals surface area contributed by atoms with Crippen LogP contribution in [0.25, 0.3) is 0 Å². The van der Waals surface area contributed by atoms with Crippen molar-refractivity contribution in [1.29, 1.82) is 0 Å². The number of fused-ring (bicyclic) bond motifs is 1. The average molecular weight is 277 g/mol. The lowest BCUT2D eigenvalue weighted by Crippen LogP contribution is -2.41. The summed E-state index contributed by atoms with van der Waals surface area (Å²) >= 11 is 0. The van der Waals surface area contributed by atoms with Crippen molar-refractivity contribution >= 4 is 5.97 Å². The van der Waals surface area contributed by atoms with Crippen LogP contribution in [0.2, 0.25) is 0 Å². The zero-order valence-electron chi connectivity index (χ0n) is 11.6. The van der Waals surface area contributed by atoms with Gasteiger partial charge in [0.25, 0.3) is 0 Å². The number of nitrogens with zero attached hydrogens (tertiary/aromatic N) is 1. The average Bonchev–Trinajstić information content (AvgIpc) is 2.97. The quantitative estimate of drug-likeness (QED) is 0.923. The highest BCUT2D eigenvalue weighted by Gasteiger charge is 2.49. The molecule has 0 bridgehead atoms. The van der Waals surface area contributed by atoms with E-state index < -0.39 is 12.0 Å². The van der Waals surface area contributed by atoms with Crippen molar-refractivity contribution in [2.45, 2.75) is 38.3 Å². The molecule has 4 atom stereocenters. The van der Waals surface area contributed by atoms with E-state index in [9.17, 15) is 14.3 Å². The number of carboxylic acid groups (broad SMARTS) is 1. The maximum atomic E-state index is 13.9. The van der Waals surface area contributed by atoms with E-state index in [0.717, 1.165) is 25.8 Å². The lowest BCUT2D eigenvalue weighted by molar-refractivity contribution is -0.144. The Balaban J connectivity index is 1.89. The number of rotatable bonds is 3. The third kappa shape index (κ3) is 2.12. The minimum absolute atomic E-state index is 0.192. The second-order valence-corrected chi connectivity index (χ2v) is 6.03. The van der Waals surface area contributed by atoms with Crippen LogP contribution in [0.5, 0.6) is 0 Å². The van der Waals surface area contributed by atoms with E-state index in [1.165, 1.54) is 6.07 Å². The Labute approximate surface area is 118 Å². The maximum absolute atomic E-state index is 13.9. The molecule has 1 aromatic carbocycles. The van der Waals surface area contributed by atoms with Gasteiger partial charge in [0.05, 0.1) is 0 Å². The van der Waals surface area contributed by atoms with Crippen LogP contribution in [-0.4, -0.2) is 28.6 Å². The first-order chi connectivity index (χ1) is 9.59. The van der Waals surface area contributed by atoms with Gasteiger partial charge in [-0.1, -0.05) is 24.6 Å². The van der Waals surface area contributed by atoms with E-state index in [1.54, 1.807) is 12.1 Å². The number of aliphatic carboxylic acids is 1. The Hall–Kier alpha value is -1.42. The van der Waals surface area contributed by atoms with Crippen molar-refractivity contribution in [2.24, 2.45) is 11.8 Å². The SMILES string of the molecule is CC(c1ccccc1F)N1CC2CCCC2C1C(=O)O. The summed E-state index contributed by atoms with van der Waals surface area (Å²) in [7, 11) is 0. The van der Waals surface area contributed by atoms with Gasteiger partial charge in [-0.15, -0.1) is 0 Å². The second-order valence-electron chi connectivity index (χ2n) is 6.03. The van der Waals surface area contributed by atoms with Crippen molar-refractivity contribution < 1.29 is 14.3 Å². The highest BCUT2D eigenvalue weighted by Crippen LogP contribution is 2.45. The number of carbonyl (C=O) groups is 1. The summed E-state index contributed by atoms with van der Waals surface area (Å²) in [4.78, 5) is 13.6. The zero-order valence-corrected chi connectivity index (χ0v) is 11.6. The van der Waals surface area contributed by atoms with Crippen LogP contribution in [-0.2, 0) is 4.79 Å². The minimum atomic E-state index is -0.761. The predicted molar refractivity (Wildman–Crippen MR) is 73.8 cm³/mol. The Morgan fingerprint density at radius 3 is 2.85 bits per heavy atom. The molecule has 2 aliphatic rings. The lowest BCUT2D eigenvalue weighted by Gasteiger charge is -2.30. The summed E-state index contributed by atoms with van der Waals surface area (Å²) in [5.41, 5.74) is 0.596. The summed E-state index contributed by atoms with van der Waals surface area (Å²) in [5.74, 6) is -0.309. The molecule has 108 valence electrons. The van der Waals surface area contributed by atoms with Crippen LogP contribution >= 0.6 is 0 Å². The van der Waals surface area contributed by atoms with Gasteiger partial charge in [-0.3, -0.25) is 9.69 Å². The zero-order chi connectivity index (χ0) is 14.3. The molecule has 1 saturated heterocycles. The van der Waals surface area contributed by atoms with Crippen molar-refractivity contribution in [3.05, 3.63) is 35.6 Å². The second kappa shape index (κ2) is 5.17. The van der Waals surface area contributed by atoms with Gasteiger partial charge >= 0.3 is 5.97 Å². The number of halogens is 1. The number of carboxylic acids is 1. The monoisotopic (exact) mass is 277 g/mol. The third-order valence-electron chi connectivity index (χ3n) is 5.03. The van der Waals surface area contributed by atoms with E-state index in [2.05, 4.69) is 0 Å². The van der Waals surface area contributed by atoms with E-state index in [0.29, 0.717) is 11.5 Å². The van der Waals surface area contributed by atoms with Crippen LogP contribution in [0, 0.1) is 17.7 Å². The molecule has 3 nitrogen and oxygen atoms in total. The van der Waals surface area contributed by atoms with Crippen LogP contribution < -0.4 is 0 Å². The van der Waals surface area contributed by atoms with E-state index in [-0.39, 0.29) is 17.8 Å². The maximum Gasteiger partial charge on any atom is 0.321 e. The van der Waals surface area contributed by atoms with Crippen molar-refractivity contribution in [3.63, 3.8) is 0 Å². The molecule has 20 heavy (non-hydrogen) atoms. The van der Waals surface area contributed by atoms with Gasteiger partial charge in [-0.2, -0.15) is 0 Å². The molecular weight excluding hydrogens is 257 g/mol. The molecular formula is C16H20FNO2. The van der Waals surface area contributed by atoms with Crippen molar-refractivity contribution in [3.8, 4) is 0 Å². The molecule has 1 saturated carbocycles. The fourth-order valence-corrected chi connectivity index (χ4v) is 4.05. The highest BCUT2D eigenvalue weighted by molar-refractivity contribution is 5.74. The van der Waals surface area contributed by atoms with Gasteiger partial charge in [0.15, 0.2) is 0 Å². The molecule has 1 aliphatic heterocycles. The van der Waals surface area contributed by atoms with Gasteiger partial charge in [-0.05, 0) is 37.7 Å². The number of hydrogen-bond acceptors (Lipinski definition) is 2. The van der Waals surface area contributed by atoms with E-state index in [1.807, 2.05) is 17.9 Å². The summed E-state index contributed by atoms with van der Waals surface area (Å²) in [5, 5.41) is 9.56. The van der Waals surface area contributed by atoms with E-state index >= 15 is 0 Å². The normalized spacial score (nSPS) is 31.2. The van der Waals surface area contributed by atoms with Crippen molar-refractivity contribution in [2.75, 3.05) is 6.54 Å². The van der Waals surface area contributed by atoms with Gasteiger partial charge in [0.1, 0.15) is 11.9 Å². The van der Waals surface area contributed by atoms with Crippen LogP contribution in [0.15, 0.2) is 24.3 Å². The first-order valence-electron chi connectivity index (χ1n) is 7.32. The Kier molecular flexibility index (Phi) is 3.50. The highest BCUT2D eigenvalue weighted by atomic mass is 19.1. The molecule has 0 aromatic heterocycles. The summed E-state index contributed by atoms with van der Waals surface area (Å²) < 4.78 is 13.9. The Bertz CT molecular complexity index is 519. The first-order valence-corrected chi connectivity index (χ1v) is 7.32. The van der Waals surface area contributed by atoms with Crippen LogP contribution in [0.3, 0.4) is 0 Å². The molecule has 1 heterocycles. The van der Waals surface area contributed by atoms with Gasteiger partial charge < -0.3 is 5.11 Å². The predicted octanol–water partition coefficient (Wildman–Crippen LogP) is 3.07. The van der Waals surface area contributed by atoms with Crippen LogP contribution in [0.4, 0.5) is 4.39 Å². The van der Waals surface area contributed by atoms with Gasteiger partial charge in [0, 0.05) is 18.2 Å². The molecule has 3 rings (SSSR count). The molecule has 0 radical (unpaired) electrons. The third-order valence-corrected chi connectivity index (χ3v) is 5.03.